The second kappa shape index (κ2) is 3.15. The molecule has 0 aromatic carbocycles. The van der Waals surface area contributed by atoms with E-state index in [1.54, 1.807) is 13.8 Å². The van der Waals surface area contributed by atoms with Crippen LogP contribution in [0, 0.1) is 6.92 Å². The summed E-state index contributed by atoms with van der Waals surface area (Å²) in [5, 5.41) is 9.48. The summed E-state index contributed by atoms with van der Waals surface area (Å²) in [5.41, 5.74) is 1.25. The van der Waals surface area contributed by atoms with Crippen molar-refractivity contribution in [3.8, 4) is 0 Å². The lowest BCUT2D eigenvalue weighted by atomic mass is 10.2. The van der Waals surface area contributed by atoms with Crippen LogP contribution in [-0.2, 0) is 0 Å². The first-order valence-electron chi connectivity index (χ1n) is 3.28. The van der Waals surface area contributed by atoms with E-state index in [0.717, 1.165) is 0 Å². The number of halogens is 1. The Balaban J connectivity index is 3.13. The number of hydrogen-bond donors (Lipinski definition) is 1. The van der Waals surface area contributed by atoms with E-state index < -0.39 is 6.10 Å². The van der Waals surface area contributed by atoms with Gasteiger partial charge in [0.25, 0.3) is 0 Å². The summed E-state index contributed by atoms with van der Waals surface area (Å²) >= 11 is 5.58. The van der Waals surface area contributed by atoms with Gasteiger partial charge in [-0.05, 0) is 13.8 Å². The van der Waals surface area contributed by atoms with Gasteiger partial charge in [-0.15, -0.1) is 0 Å². The van der Waals surface area contributed by atoms with Gasteiger partial charge in [0.05, 0.1) is 23.7 Å². The van der Waals surface area contributed by atoms with Crippen molar-refractivity contribution in [1.82, 2.24) is 9.97 Å². The van der Waals surface area contributed by atoms with Crippen molar-refractivity contribution < 1.29 is 5.11 Å². The van der Waals surface area contributed by atoms with Gasteiger partial charge in [-0.25, -0.2) is 4.98 Å². The molecular formula is C7H9ClN2O. The van der Waals surface area contributed by atoms with Gasteiger partial charge < -0.3 is 5.11 Å². The molecule has 3 nitrogen and oxygen atoms in total. The van der Waals surface area contributed by atoms with Crippen LogP contribution < -0.4 is 0 Å². The topological polar surface area (TPSA) is 46.0 Å². The standard InChI is InChI=1S/C7H9ClN2O/c1-4-7(5(2)11)10-6(8)3-9-4/h3,5,11H,1-2H3/t5-/m1/s1. The molecule has 0 radical (unpaired) electrons. The Morgan fingerprint density at radius 3 is 2.73 bits per heavy atom. The SMILES string of the molecule is Cc1ncc(Cl)nc1[C@@H](C)O. The average molecular weight is 173 g/mol. The molecule has 0 spiro atoms. The molecular weight excluding hydrogens is 164 g/mol. The van der Waals surface area contributed by atoms with Gasteiger partial charge in [0, 0.05) is 0 Å². The van der Waals surface area contributed by atoms with Crippen molar-refractivity contribution in [2.24, 2.45) is 0 Å². The van der Waals surface area contributed by atoms with Crippen molar-refractivity contribution in [1.29, 1.82) is 0 Å². The summed E-state index contributed by atoms with van der Waals surface area (Å²) < 4.78 is 0. The van der Waals surface area contributed by atoms with Crippen LogP contribution in [0.15, 0.2) is 6.20 Å². The summed E-state index contributed by atoms with van der Waals surface area (Å²) in [7, 11) is 0. The maximum Gasteiger partial charge on any atom is 0.147 e. The number of aliphatic hydroxyl groups excluding tert-OH is 1. The van der Waals surface area contributed by atoms with Gasteiger partial charge in [0.15, 0.2) is 0 Å². The molecule has 0 bridgehead atoms. The molecule has 0 unspecified atom stereocenters. The molecule has 1 atom stereocenters. The summed E-state index contributed by atoms with van der Waals surface area (Å²) in [6.07, 6.45) is 0.851. The summed E-state index contributed by atoms with van der Waals surface area (Å²) in [6.45, 7) is 3.42. The van der Waals surface area contributed by atoms with Crippen molar-refractivity contribution in [2.75, 3.05) is 0 Å². The smallest absolute Gasteiger partial charge is 0.147 e. The third-order valence-electron chi connectivity index (χ3n) is 1.36. The van der Waals surface area contributed by atoms with Crippen LogP contribution in [-0.4, -0.2) is 15.1 Å². The lowest BCUT2D eigenvalue weighted by Crippen LogP contribution is -2.01. The molecule has 1 N–H and O–H groups in total. The van der Waals surface area contributed by atoms with Crippen LogP contribution >= 0.6 is 11.6 Å². The minimum absolute atomic E-state index is 0.312. The zero-order chi connectivity index (χ0) is 8.43. The fraction of sp³-hybridized carbons (Fsp3) is 0.429. The van der Waals surface area contributed by atoms with E-state index >= 15 is 0 Å². The molecule has 0 aliphatic carbocycles. The number of rotatable bonds is 1. The van der Waals surface area contributed by atoms with Crippen molar-refractivity contribution >= 4 is 11.6 Å². The van der Waals surface area contributed by atoms with Crippen molar-refractivity contribution in [3.63, 3.8) is 0 Å². The van der Waals surface area contributed by atoms with E-state index in [1.165, 1.54) is 6.20 Å². The van der Waals surface area contributed by atoms with Gasteiger partial charge in [0.1, 0.15) is 5.15 Å². The summed E-state index contributed by atoms with van der Waals surface area (Å²) in [4.78, 5) is 7.87. The number of aromatic nitrogens is 2. The van der Waals surface area contributed by atoms with E-state index in [-0.39, 0.29) is 0 Å². The second-order valence-electron chi connectivity index (χ2n) is 2.34. The van der Waals surface area contributed by atoms with Gasteiger partial charge >= 0.3 is 0 Å². The monoisotopic (exact) mass is 172 g/mol. The predicted octanol–water partition coefficient (Wildman–Crippen LogP) is 1.49. The molecule has 11 heavy (non-hydrogen) atoms. The Hall–Kier alpha value is -0.670. The quantitative estimate of drug-likeness (QED) is 0.698. The van der Waals surface area contributed by atoms with Crippen LogP contribution in [0.2, 0.25) is 5.15 Å². The molecule has 0 saturated heterocycles. The molecule has 0 fully saturated rings. The third kappa shape index (κ3) is 1.88. The highest BCUT2D eigenvalue weighted by Gasteiger charge is 2.07. The Kier molecular flexibility index (Phi) is 2.42. The van der Waals surface area contributed by atoms with Gasteiger partial charge in [-0.2, -0.15) is 0 Å². The minimum atomic E-state index is -0.610. The lowest BCUT2D eigenvalue weighted by Gasteiger charge is -2.05. The Morgan fingerprint density at radius 1 is 1.64 bits per heavy atom. The number of hydrogen-bond acceptors (Lipinski definition) is 3. The van der Waals surface area contributed by atoms with Crippen LogP contribution in [0.3, 0.4) is 0 Å². The number of nitrogens with zero attached hydrogens (tertiary/aromatic N) is 2. The first-order chi connectivity index (χ1) is 5.11. The Labute approximate surface area is 70.1 Å². The van der Waals surface area contributed by atoms with E-state index in [1.807, 2.05) is 0 Å². The predicted molar refractivity (Wildman–Crippen MR) is 42.4 cm³/mol. The van der Waals surface area contributed by atoms with E-state index in [4.69, 9.17) is 16.7 Å². The molecule has 0 amide bonds. The summed E-state index contributed by atoms with van der Waals surface area (Å²) in [5.74, 6) is 0. The maximum atomic E-state index is 9.17. The third-order valence-corrected chi connectivity index (χ3v) is 1.54. The molecule has 1 aromatic heterocycles. The molecule has 1 heterocycles. The van der Waals surface area contributed by atoms with E-state index in [2.05, 4.69) is 9.97 Å². The molecule has 1 aromatic rings. The molecule has 4 heteroatoms. The number of aliphatic hydroxyl groups is 1. The van der Waals surface area contributed by atoms with Gasteiger partial charge in [-0.3, -0.25) is 4.98 Å². The van der Waals surface area contributed by atoms with Crippen LogP contribution in [0.1, 0.15) is 24.4 Å². The maximum absolute atomic E-state index is 9.17. The number of aryl methyl sites for hydroxylation is 1. The average Bonchev–Trinajstić information content (AvgIpc) is 1.94. The first kappa shape index (κ1) is 8.43. The van der Waals surface area contributed by atoms with Crippen molar-refractivity contribution in [2.45, 2.75) is 20.0 Å². The zero-order valence-corrected chi connectivity index (χ0v) is 7.13. The highest BCUT2D eigenvalue weighted by molar-refractivity contribution is 6.29. The van der Waals surface area contributed by atoms with Crippen molar-refractivity contribution in [3.05, 3.63) is 22.7 Å². The van der Waals surface area contributed by atoms with Crippen LogP contribution in [0.5, 0.6) is 0 Å². The normalized spacial score (nSPS) is 13.1. The molecule has 60 valence electrons. The highest BCUT2D eigenvalue weighted by atomic mass is 35.5. The Morgan fingerprint density at radius 2 is 2.27 bits per heavy atom. The van der Waals surface area contributed by atoms with Gasteiger partial charge in [-0.1, -0.05) is 11.6 Å². The fourth-order valence-corrected chi connectivity index (χ4v) is 0.977. The summed E-state index contributed by atoms with van der Waals surface area (Å²) in [6, 6.07) is 0. The van der Waals surface area contributed by atoms with Gasteiger partial charge in [0.2, 0.25) is 0 Å². The largest absolute Gasteiger partial charge is 0.387 e. The fourth-order valence-electron chi connectivity index (χ4n) is 0.837. The second-order valence-corrected chi connectivity index (χ2v) is 2.73. The first-order valence-corrected chi connectivity index (χ1v) is 3.66. The zero-order valence-electron chi connectivity index (χ0n) is 6.37. The molecule has 0 aliphatic heterocycles. The van der Waals surface area contributed by atoms with E-state index in [9.17, 15) is 0 Å². The highest BCUT2D eigenvalue weighted by Crippen LogP contribution is 2.14. The molecule has 1 rings (SSSR count). The molecule has 0 aliphatic rings. The Bertz CT molecular complexity index is 263. The van der Waals surface area contributed by atoms with E-state index in [0.29, 0.717) is 16.5 Å². The van der Waals surface area contributed by atoms with Crippen LogP contribution in [0.25, 0.3) is 0 Å². The lowest BCUT2D eigenvalue weighted by molar-refractivity contribution is 0.193. The minimum Gasteiger partial charge on any atom is -0.387 e. The molecule has 0 saturated carbocycles. The van der Waals surface area contributed by atoms with Crippen LogP contribution in [0.4, 0.5) is 0 Å².